The van der Waals surface area contributed by atoms with Crippen molar-refractivity contribution in [2.45, 2.75) is 26.7 Å². The van der Waals surface area contributed by atoms with Crippen molar-refractivity contribution >= 4 is 17.4 Å². The van der Waals surface area contributed by atoms with E-state index in [-0.39, 0.29) is 0 Å². The molecule has 0 fully saturated rings. The summed E-state index contributed by atoms with van der Waals surface area (Å²) in [5, 5.41) is 7.36. The number of isothiocyanates is 1. The zero-order chi connectivity index (χ0) is 10.1. The minimum atomic E-state index is 1.16. The molecular formula is C11H15NS. The quantitative estimate of drug-likeness (QED) is 0.564. The van der Waals surface area contributed by atoms with Crippen molar-refractivity contribution in [1.29, 1.82) is 5.41 Å². The number of thiocarbonyl (C=S) groups is 1. The van der Waals surface area contributed by atoms with Crippen LogP contribution < -0.4 is 0 Å². The van der Waals surface area contributed by atoms with E-state index in [9.17, 15) is 0 Å². The van der Waals surface area contributed by atoms with E-state index < -0.39 is 0 Å². The van der Waals surface area contributed by atoms with Crippen LogP contribution in [0.2, 0.25) is 0 Å². The molecule has 0 saturated heterocycles. The van der Waals surface area contributed by atoms with E-state index in [2.05, 4.69) is 50.3 Å². The van der Waals surface area contributed by atoms with Crippen molar-refractivity contribution in [1.82, 2.24) is 0 Å². The fourth-order valence-electron chi connectivity index (χ4n) is 1.25. The predicted octanol–water partition coefficient (Wildman–Crippen LogP) is 3.48. The van der Waals surface area contributed by atoms with Gasteiger partial charge in [0.1, 0.15) is 0 Å². The lowest BCUT2D eigenvalue weighted by molar-refractivity contribution is 1.04. The van der Waals surface area contributed by atoms with Crippen molar-refractivity contribution in [3.8, 4) is 0 Å². The van der Waals surface area contributed by atoms with Gasteiger partial charge < -0.3 is 0 Å². The third-order valence-electron chi connectivity index (χ3n) is 1.88. The number of nitrogens with one attached hydrogen (secondary N) is 1. The van der Waals surface area contributed by atoms with Crippen LogP contribution in [-0.4, -0.2) is 5.16 Å². The van der Waals surface area contributed by atoms with Crippen LogP contribution in [0.25, 0.3) is 0 Å². The van der Waals surface area contributed by atoms with Crippen molar-refractivity contribution in [3.05, 3.63) is 35.4 Å². The average Bonchev–Trinajstić information content (AvgIpc) is 2.19. The zero-order valence-corrected chi connectivity index (χ0v) is 8.95. The lowest BCUT2D eigenvalue weighted by Crippen LogP contribution is -1.88. The fraction of sp³-hybridized carbons (Fsp3) is 0.364. The lowest BCUT2D eigenvalue weighted by Gasteiger charge is -2.02. The standard InChI is InChI=1S/C10H14.CHNS/c1-3-9-7-5-6-8-10(9)4-2;2-1-3/h5-8H,3-4H2,1-2H3;2H. The first-order valence-corrected chi connectivity index (χ1v) is 4.81. The van der Waals surface area contributed by atoms with Gasteiger partial charge in [-0.05, 0) is 36.2 Å². The number of rotatable bonds is 2. The Bertz CT molecular complexity index is 252. The molecule has 0 saturated carbocycles. The van der Waals surface area contributed by atoms with Gasteiger partial charge >= 0.3 is 0 Å². The van der Waals surface area contributed by atoms with E-state index in [1.807, 2.05) is 0 Å². The lowest BCUT2D eigenvalue weighted by atomic mass is 10.0. The van der Waals surface area contributed by atoms with E-state index in [1.165, 1.54) is 11.1 Å². The van der Waals surface area contributed by atoms with Crippen LogP contribution in [0.3, 0.4) is 0 Å². The normalized spacial score (nSPS) is 8.15. The molecule has 0 atom stereocenters. The zero-order valence-electron chi connectivity index (χ0n) is 8.13. The summed E-state index contributed by atoms with van der Waals surface area (Å²) >= 11 is 3.81. The van der Waals surface area contributed by atoms with Gasteiger partial charge in [-0.25, -0.2) is 5.41 Å². The highest BCUT2D eigenvalue weighted by Crippen LogP contribution is 2.08. The Morgan fingerprint density at radius 2 is 1.46 bits per heavy atom. The molecule has 0 aromatic heterocycles. The largest absolute Gasteiger partial charge is 0.248 e. The van der Waals surface area contributed by atoms with Gasteiger partial charge in [-0.3, -0.25) is 0 Å². The Morgan fingerprint density at radius 3 is 1.69 bits per heavy atom. The maximum atomic E-state index is 5.77. The Morgan fingerprint density at radius 1 is 1.15 bits per heavy atom. The molecule has 0 bridgehead atoms. The van der Waals surface area contributed by atoms with Crippen LogP contribution in [0, 0.1) is 5.41 Å². The number of hydrogen-bond acceptors (Lipinski definition) is 2. The average molecular weight is 193 g/mol. The Hall–Kier alpha value is -0.980. The third kappa shape index (κ3) is 4.56. The maximum absolute atomic E-state index is 5.77. The number of hydrogen-bond donors (Lipinski definition) is 1. The highest BCUT2D eigenvalue weighted by Gasteiger charge is 1.93. The molecule has 1 nitrogen and oxygen atoms in total. The highest BCUT2D eigenvalue weighted by molar-refractivity contribution is 7.78. The SMILES string of the molecule is CCc1ccccc1CC.N=C=S. The van der Waals surface area contributed by atoms with Crippen LogP contribution in [0.4, 0.5) is 0 Å². The molecule has 13 heavy (non-hydrogen) atoms. The molecule has 0 aliphatic carbocycles. The number of benzene rings is 1. The monoisotopic (exact) mass is 193 g/mol. The molecule has 0 spiro atoms. The molecule has 0 aliphatic rings. The summed E-state index contributed by atoms with van der Waals surface area (Å²) in [7, 11) is 0. The van der Waals surface area contributed by atoms with E-state index in [0.29, 0.717) is 0 Å². The Kier molecular flexibility index (Phi) is 7.08. The minimum Gasteiger partial charge on any atom is -0.248 e. The van der Waals surface area contributed by atoms with E-state index >= 15 is 0 Å². The summed E-state index contributed by atoms with van der Waals surface area (Å²) in [6.07, 6.45) is 2.31. The predicted molar refractivity (Wildman–Crippen MR) is 60.5 cm³/mol. The molecule has 1 N–H and O–H groups in total. The molecule has 0 radical (unpaired) electrons. The smallest absolute Gasteiger partial charge is 0.0554 e. The van der Waals surface area contributed by atoms with Crippen molar-refractivity contribution < 1.29 is 0 Å². The third-order valence-corrected chi connectivity index (χ3v) is 1.88. The molecule has 2 heteroatoms. The molecule has 70 valence electrons. The van der Waals surface area contributed by atoms with Gasteiger partial charge in [0.05, 0.1) is 5.16 Å². The van der Waals surface area contributed by atoms with Crippen LogP contribution in [0.1, 0.15) is 25.0 Å². The fourth-order valence-corrected chi connectivity index (χ4v) is 1.25. The summed E-state index contributed by atoms with van der Waals surface area (Å²) in [5.74, 6) is 0. The minimum absolute atomic E-state index is 1.16. The Labute approximate surface area is 85.3 Å². The van der Waals surface area contributed by atoms with Gasteiger partial charge in [-0.2, -0.15) is 0 Å². The second-order valence-corrected chi connectivity index (χ2v) is 2.78. The summed E-state index contributed by atoms with van der Waals surface area (Å²) in [5.41, 5.74) is 2.98. The maximum Gasteiger partial charge on any atom is 0.0554 e. The first kappa shape index (κ1) is 12.0. The van der Waals surface area contributed by atoms with E-state index in [1.54, 1.807) is 5.16 Å². The van der Waals surface area contributed by atoms with Gasteiger partial charge in [-0.1, -0.05) is 38.1 Å². The van der Waals surface area contributed by atoms with Gasteiger partial charge in [-0.15, -0.1) is 0 Å². The molecule has 0 amide bonds. The number of aryl methyl sites for hydroxylation is 2. The highest BCUT2D eigenvalue weighted by atomic mass is 32.1. The molecule has 0 aliphatic heterocycles. The Balaban J connectivity index is 0.000000424. The van der Waals surface area contributed by atoms with Gasteiger partial charge in [0, 0.05) is 0 Å². The molecule has 1 aromatic rings. The summed E-state index contributed by atoms with van der Waals surface area (Å²) in [6, 6.07) is 8.63. The molecule has 1 aromatic carbocycles. The summed E-state index contributed by atoms with van der Waals surface area (Å²) in [6.45, 7) is 4.41. The van der Waals surface area contributed by atoms with E-state index in [0.717, 1.165) is 12.8 Å². The van der Waals surface area contributed by atoms with Crippen molar-refractivity contribution in [3.63, 3.8) is 0 Å². The molecule has 0 heterocycles. The molecular weight excluding hydrogens is 178 g/mol. The first-order chi connectivity index (χ1) is 6.29. The van der Waals surface area contributed by atoms with Crippen LogP contribution in [0.15, 0.2) is 24.3 Å². The first-order valence-electron chi connectivity index (χ1n) is 4.40. The van der Waals surface area contributed by atoms with Gasteiger partial charge in [0.25, 0.3) is 0 Å². The summed E-state index contributed by atoms with van der Waals surface area (Å²) < 4.78 is 0. The van der Waals surface area contributed by atoms with Crippen LogP contribution in [-0.2, 0) is 12.8 Å². The van der Waals surface area contributed by atoms with Gasteiger partial charge in [0.2, 0.25) is 0 Å². The molecule has 1 rings (SSSR count). The topological polar surface area (TPSA) is 23.9 Å². The second kappa shape index (κ2) is 7.66. The van der Waals surface area contributed by atoms with Crippen LogP contribution >= 0.6 is 12.2 Å². The summed E-state index contributed by atoms with van der Waals surface area (Å²) in [4.78, 5) is 0. The van der Waals surface area contributed by atoms with Gasteiger partial charge in [0.15, 0.2) is 0 Å². The second-order valence-electron chi connectivity index (χ2n) is 2.58. The van der Waals surface area contributed by atoms with Crippen LogP contribution in [0.5, 0.6) is 0 Å². The van der Waals surface area contributed by atoms with Crippen molar-refractivity contribution in [2.24, 2.45) is 0 Å². The van der Waals surface area contributed by atoms with Crippen molar-refractivity contribution in [2.75, 3.05) is 0 Å². The van der Waals surface area contributed by atoms with E-state index in [4.69, 9.17) is 5.41 Å². The molecule has 0 unspecified atom stereocenters.